The molecule has 5 heteroatoms. The number of aliphatic hydroxyl groups is 1. The highest BCUT2D eigenvalue weighted by Gasteiger charge is 2.26. The van der Waals surface area contributed by atoms with Gasteiger partial charge in [-0.25, -0.2) is 0 Å². The fourth-order valence-electron chi connectivity index (χ4n) is 2.49. The number of hydrogen-bond acceptors (Lipinski definition) is 4. The maximum Gasteiger partial charge on any atom is 0.0750 e. The van der Waals surface area contributed by atoms with Crippen LogP contribution < -0.4 is 11.1 Å². The van der Waals surface area contributed by atoms with Crippen molar-refractivity contribution in [3.8, 4) is 0 Å². The highest BCUT2D eigenvalue weighted by molar-refractivity contribution is 9.10. The summed E-state index contributed by atoms with van der Waals surface area (Å²) in [4.78, 5) is 4.00. The minimum Gasteiger partial charge on any atom is -0.396 e. The fraction of sp³-hybridized carbons (Fsp3) is 0.583. The third-order valence-electron chi connectivity index (χ3n) is 3.52. The van der Waals surface area contributed by atoms with E-state index in [1.54, 1.807) is 12.4 Å². The zero-order chi connectivity index (χ0) is 12.3. The largest absolute Gasteiger partial charge is 0.396 e. The van der Waals surface area contributed by atoms with Crippen LogP contribution in [0.2, 0.25) is 0 Å². The van der Waals surface area contributed by atoms with Crippen LogP contribution in [0, 0.1) is 11.8 Å². The first-order valence-electron chi connectivity index (χ1n) is 5.96. The Morgan fingerprint density at radius 3 is 2.88 bits per heavy atom. The Hall–Kier alpha value is -0.810. The highest BCUT2D eigenvalue weighted by atomic mass is 79.9. The Kier molecular flexibility index (Phi) is 4.23. The molecule has 0 bridgehead atoms. The van der Waals surface area contributed by atoms with Crippen molar-refractivity contribution in [3.05, 3.63) is 16.9 Å². The molecule has 1 aromatic rings. The monoisotopic (exact) mass is 299 g/mol. The second-order valence-electron chi connectivity index (χ2n) is 4.60. The molecule has 1 aliphatic carbocycles. The third kappa shape index (κ3) is 2.90. The van der Waals surface area contributed by atoms with E-state index in [0.29, 0.717) is 24.1 Å². The maximum atomic E-state index is 9.27. The van der Waals surface area contributed by atoms with Crippen molar-refractivity contribution < 1.29 is 5.11 Å². The standard InChI is InChI=1S/C12H18BrN3O/c13-10-5-15-6-11(14)12(10)16-4-8-2-1-3-9(8)7-17/h5-6,8-9,17H,1-4,7,14H2,(H,15,16). The molecular weight excluding hydrogens is 282 g/mol. The van der Waals surface area contributed by atoms with Crippen molar-refractivity contribution in [1.29, 1.82) is 0 Å². The lowest BCUT2D eigenvalue weighted by atomic mass is 9.97. The van der Waals surface area contributed by atoms with E-state index in [2.05, 4.69) is 26.2 Å². The zero-order valence-electron chi connectivity index (χ0n) is 9.69. The van der Waals surface area contributed by atoms with Gasteiger partial charge in [0, 0.05) is 19.3 Å². The number of pyridine rings is 1. The van der Waals surface area contributed by atoms with Crippen LogP contribution in [0.4, 0.5) is 11.4 Å². The number of nitrogens with one attached hydrogen (secondary N) is 1. The lowest BCUT2D eigenvalue weighted by Crippen LogP contribution is -2.21. The summed E-state index contributed by atoms with van der Waals surface area (Å²) in [7, 11) is 0. The van der Waals surface area contributed by atoms with Gasteiger partial charge in [-0.1, -0.05) is 6.42 Å². The van der Waals surface area contributed by atoms with Crippen molar-refractivity contribution in [1.82, 2.24) is 4.98 Å². The van der Waals surface area contributed by atoms with Gasteiger partial charge in [-0.3, -0.25) is 4.98 Å². The lowest BCUT2D eigenvalue weighted by molar-refractivity contribution is 0.199. The Labute approximate surface area is 110 Å². The van der Waals surface area contributed by atoms with Crippen molar-refractivity contribution in [2.75, 3.05) is 24.2 Å². The van der Waals surface area contributed by atoms with Crippen LogP contribution in [0.15, 0.2) is 16.9 Å². The molecular formula is C12H18BrN3O. The zero-order valence-corrected chi connectivity index (χ0v) is 11.3. The number of hydrogen-bond donors (Lipinski definition) is 3. The minimum atomic E-state index is 0.291. The SMILES string of the molecule is Nc1cncc(Br)c1NCC1CCCC1CO. The molecule has 1 fully saturated rings. The molecule has 1 saturated carbocycles. The quantitative estimate of drug-likeness (QED) is 0.797. The third-order valence-corrected chi connectivity index (χ3v) is 4.12. The Morgan fingerprint density at radius 2 is 2.18 bits per heavy atom. The molecule has 0 spiro atoms. The Balaban J connectivity index is 1.98. The van der Waals surface area contributed by atoms with Crippen molar-refractivity contribution in [2.24, 2.45) is 11.8 Å². The van der Waals surface area contributed by atoms with Crippen LogP contribution in [-0.4, -0.2) is 23.2 Å². The van der Waals surface area contributed by atoms with Crippen molar-refractivity contribution >= 4 is 27.3 Å². The number of rotatable bonds is 4. The number of nitrogen functional groups attached to an aromatic ring is 1. The summed E-state index contributed by atoms with van der Waals surface area (Å²) in [5, 5.41) is 12.6. The van der Waals surface area contributed by atoms with E-state index < -0.39 is 0 Å². The average molecular weight is 300 g/mol. The molecule has 0 saturated heterocycles. The molecule has 17 heavy (non-hydrogen) atoms. The van der Waals surface area contributed by atoms with Gasteiger partial charge in [0.15, 0.2) is 0 Å². The van der Waals surface area contributed by atoms with Gasteiger partial charge in [-0.2, -0.15) is 0 Å². The molecule has 2 atom stereocenters. The summed E-state index contributed by atoms with van der Waals surface area (Å²) in [6, 6.07) is 0. The topological polar surface area (TPSA) is 71.2 Å². The van der Waals surface area contributed by atoms with Gasteiger partial charge in [-0.15, -0.1) is 0 Å². The first-order valence-corrected chi connectivity index (χ1v) is 6.75. The molecule has 0 aromatic carbocycles. The maximum absolute atomic E-state index is 9.27. The van der Waals surface area contributed by atoms with Crippen molar-refractivity contribution in [3.63, 3.8) is 0 Å². The van der Waals surface area contributed by atoms with Gasteiger partial charge in [0.1, 0.15) is 0 Å². The van der Waals surface area contributed by atoms with E-state index in [1.807, 2.05) is 0 Å². The molecule has 2 unspecified atom stereocenters. The number of nitrogens with two attached hydrogens (primary N) is 1. The normalized spacial score (nSPS) is 23.9. The van der Waals surface area contributed by atoms with E-state index in [-0.39, 0.29) is 0 Å². The minimum absolute atomic E-state index is 0.291. The molecule has 2 rings (SSSR count). The van der Waals surface area contributed by atoms with E-state index in [4.69, 9.17) is 5.73 Å². The number of nitrogens with zero attached hydrogens (tertiary/aromatic N) is 1. The molecule has 94 valence electrons. The predicted octanol–water partition coefficient (Wildman–Crippen LogP) is 2.25. The molecule has 0 radical (unpaired) electrons. The van der Waals surface area contributed by atoms with Gasteiger partial charge in [0.25, 0.3) is 0 Å². The summed E-state index contributed by atoms with van der Waals surface area (Å²) in [6.07, 6.45) is 6.91. The van der Waals surface area contributed by atoms with E-state index >= 15 is 0 Å². The fourth-order valence-corrected chi connectivity index (χ4v) is 2.98. The van der Waals surface area contributed by atoms with Crippen LogP contribution in [0.5, 0.6) is 0 Å². The summed E-state index contributed by atoms with van der Waals surface area (Å²) in [5.74, 6) is 0.976. The predicted molar refractivity (Wildman–Crippen MR) is 72.8 cm³/mol. The molecule has 0 aliphatic heterocycles. The molecule has 1 aromatic heterocycles. The first-order chi connectivity index (χ1) is 8.22. The van der Waals surface area contributed by atoms with Crippen molar-refractivity contribution in [2.45, 2.75) is 19.3 Å². The number of aromatic nitrogens is 1. The van der Waals surface area contributed by atoms with Crippen LogP contribution >= 0.6 is 15.9 Å². The van der Waals surface area contributed by atoms with Crippen LogP contribution in [0.1, 0.15) is 19.3 Å². The van der Waals surface area contributed by atoms with Gasteiger partial charge in [-0.05, 0) is 40.6 Å². The number of halogens is 1. The van der Waals surface area contributed by atoms with Gasteiger partial charge in [0.2, 0.25) is 0 Å². The van der Waals surface area contributed by atoms with E-state index in [1.165, 1.54) is 12.8 Å². The highest BCUT2D eigenvalue weighted by Crippen LogP contribution is 2.33. The van der Waals surface area contributed by atoms with Crippen LogP contribution in [0.25, 0.3) is 0 Å². The van der Waals surface area contributed by atoms with Gasteiger partial charge < -0.3 is 16.2 Å². The molecule has 0 amide bonds. The lowest BCUT2D eigenvalue weighted by Gasteiger charge is -2.19. The van der Waals surface area contributed by atoms with Gasteiger partial charge in [0.05, 0.1) is 22.0 Å². The summed E-state index contributed by atoms with van der Waals surface area (Å²) in [5.41, 5.74) is 7.43. The second-order valence-corrected chi connectivity index (χ2v) is 5.45. The van der Waals surface area contributed by atoms with Gasteiger partial charge >= 0.3 is 0 Å². The first kappa shape index (κ1) is 12.6. The van der Waals surface area contributed by atoms with Crippen LogP contribution in [-0.2, 0) is 0 Å². The Bertz CT molecular complexity index is 366. The summed E-state index contributed by atoms with van der Waals surface area (Å²) in [6.45, 7) is 1.15. The number of anilines is 2. The smallest absolute Gasteiger partial charge is 0.0750 e. The Morgan fingerprint density at radius 1 is 1.41 bits per heavy atom. The van der Waals surface area contributed by atoms with E-state index in [0.717, 1.165) is 23.1 Å². The molecule has 4 N–H and O–H groups in total. The molecule has 1 heterocycles. The van der Waals surface area contributed by atoms with Crippen LogP contribution in [0.3, 0.4) is 0 Å². The van der Waals surface area contributed by atoms with E-state index in [9.17, 15) is 5.11 Å². The second kappa shape index (κ2) is 5.69. The number of aliphatic hydroxyl groups excluding tert-OH is 1. The molecule has 1 aliphatic rings. The molecule has 4 nitrogen and oxygen atoms in total. The average Bonchev–Trinajstić information content (AvgIpc) is 2.76. The summed E-state index contributed by atoms with van der Waals surface area (Å²) < 4.78 is 0.885. The summed E-state index contributed by atoms with van der Waals surface area (Å²) >= 11 is 3.43.